The average molecular weight is 513 g/mol. The minimum Gasteiger partial charge on any atom is -0.339 e. The molecular weight excluding hydrogens is 488 g/mol. The van der Waals surface area contributed by atoms with Crippen molar-refractivity contribution in [1.29, 1.82) is 0 Å². The topological polar surface area (TPSA) is 69.6 Å². The summed E-state index contributed by atoms with van der Waals surface area (Å²) in [5.41, 5.74) is -1.50. The molecule has 1 unspecified atom stereocenters. The summed E-state index contributed by atoms with van der Waals surface area (Å²) >= 11 is 0. The second-order valence-corrected chi connectivity index (χ2v) is 10.2. The second-order valence-electron chi connectivity index (χ2n) is 10.2. The third-order valence-corrected chi connectivity index (χ3v) is 7.94. The minimum atomic E-state index is -4.52. The first-order chi connectivity index (χ1) is 16.8. The van der Waals surface area contributed by atoms with Crippen LogP contribution >= 0.6 is 0 Å². The molecule has 6 nitrogen and oxygen atoms in total. The number of aromatic nitrogens is 5. The molecular formula is C24H25F6N5O. The van der Waals surface area contributed by atoms with Gasteiger partial charge in [0.05, 0.1) is 12.0 Å². The molecule has 3 aromatic rings. The Kier molecular flexibility index (Phi) is 5.71. The molecule has 36 heavy (non-hydrogen) atoms. The number of alkyl halides is 6. The molecule has 1 aromatic carbocycles. The lowest BCUT2D eigenvalue weighted by molar-refractivity contribution is -0.139. The lowest BCUT2D eigenvalue weighted by Gasteiger charge is -2.51. The average Bonchev–Trinajstić information content (AvgIpc) is 3.47. The van der Waals surface area contributed by atoms with E-state index in [1.165, 1.54) is 19.1 Å². The van der Waals surface area contributed by atoms with E-state index in [4.69, 9.17) is 4.52 Å². The van der Waals surface area contributed by atoms with Crippen molar-refractivity contribution in [2.24, 2.45) is 7.05 Å². The molecule has 194 valence electrons. The third kappa shape index (κ3) is 4.17. The zero-order valence-corrected chi connectivity index (χ0v) is 19.7. The molecule has 2 bridgehead atoms. The normalized spacial score (nSPS) is 25.3. The highest BCUT2D eigenvalue weighted by atomic mass is 19.4. The molecule has 0 radical (unpaired) electrons. The molecule has 3 fully saturated rings. The molecule has 0 spiro atoms. The largest absolute Gasteiger partial charge is 0.417 e. The van der Waals surface area contributed by atoms with Crippen LogP contribution in [0.4, 0.5) is 26.3 Å². The van der Waals surface area contributed by atoms with Gasteiger partial charge in [0.2, 0.25) is 5.89 Å². The van der Waals surface area contributed by atoms with Gasteiger partial charge in [0.15, 0.2) is 11.6 Å². The standard InChI is InChI=1S/C24H25F6N5O/c1-14(13-23(25,26)27)18-31-19(34-36-18)21-7-10-22(11-8-21,12-9-21)20-33-32-17(35(20)2)15-5-3-4-6-16(15)24(28,29)30/h3-6,14H,7-13H2,1-2H3. The van der Waals surface area contributed by atoms with E-state index in [0.717, 1.165) is 6.07 Å². The Bertz CT molecular complexity index is 1240. The monoisotopic (exact) mass is 513 g/mol. The van der Waals surface area contributed by atoms with Crippen LogP contribution in [0.2, 0.25) is 0 Å². The predicted molar refractivity (Wildman–Crippen MR) is 116 cm³/mol. The minimum absolute atomic E-state index is 0.0135. The highest BCUT2D eigenvalue weighted by Crippen LogP contribution is 2.58. The van der Waals surface area contributed by atoms with E-state index in [0.29, 0.717) is 50.2 Å². The Balaban J connectivity index is 1.38. The van der Waals surface area contributed by atoms with Crippen LogP contribution in [-0.2, 0) is 24.1 Å². The predicted octanol–water partition coefficient (Wildman–Crippen LogP) is 6.48. The van der Waals surface area contributed by atoms with E-state index in [9.17, 15) is 26.3 Å². The Morgan fingerprint density at radius 1 is 0.944 bits per heavy atom. The number of nitrogens with zero attached hydrogens (tertiary/aromatic N) is 5. The number of rotatable bonds is 5. The van der Waals surface area contributed by atoms with E-state index in [-0.39, 0.29) is 28.1 Å². The van der Waals surface area contributed by atoms with Crippen molar-refractivity contribution < 1.29 is 30.9 Å². The van der Waals surface area contributed by atoms with Gasteiger partial charge < -0.3 is 9.09 Å². The van der Waals surface area contributed by atoms with Crippen molar-refractivity contribution in [2.75, 3.05) is 0 Å². The van der Waals surface area contributed by atoms with Crippen molar-refractivity contribution in [3.05, 3.63) is 47.4 Å². The molecule has 2 aromatic heterocycles. The van der Waals surface area contributed by atoms with Crippen LogP contribution in [0.1, 0.15) is 80.9 Å². The van der Waals surface area contributed by atoms with Crippen LogP contribution in [-0.4, -0.2) is 31.1 Å². The fourth-order valence-corrected chi connectivity index (χ4v) is 5.89. The molecule has 1 atom stereocenters. The maximum atomic E-state index is 13.6. The lowest BCUT2D eigenvalue weighted by Crippen LogP contribution is -2.48. The van der Waals surface area contributed by atoms with Gasteiger partial charge in [0.25, 0.3) is 0 Å². The van der Waals surface area contributed by atoms with Gasteiger partial charge in [-0.05, 0) is 44.6 Å². The first-order valence-electron chi connectivity index (χ1n) is 11.8. The van der Waals surface area contributed by atoms with Crippen molar-refractivity contribution in [1.82, 2.24) is 24.9 Å². The lowest BCUT2D eigenvalue weighted by atomic mass is 9.53. The fourth-order valence-electron chi connectivity index (χ4n) is 5.89. The van der Waals surface area contributed by atoms with Crippen LogP contribution < -0.4 is 0 Å². The van der Waals surface area contributed by atoms with Crippen molar-refractivity contribution >= 4 is 0 Å². The number of fused-ring (bicyclic) bond motifs is 3. The molecule has 12 heteroatoms. The zero-order chi connectivity index (χ0) is 25.9. The summed E-state index contributed by atoms with van der Waals surface area (Å²) in [4.78, 5) is 4.36. The summed E-state index contributed by atoms with van der Waals surface area (Å²) in [7, 11) is 1.69. The third-order valence-electron chi connectivity index (χ3n) is 7.94. The van der Waals surface area contributed by atoms with Crippen molar-refractivity contribution in [3.8, 4) is 11.4 Å². The Hall–Kier alpha value is -2.92. The Morgan fingerprint density at radius 3 is 2.17 bits per heavy atom. The maximum absolute atomic E-state index is 13.6. The molecule has 6 rings (SSSR count). The smallest absolute Gasteiger partial charge is 0.339 e. The van der Waals surface area contributed by atoms with E-state index >= 15 is 0 Å². The van der Waals surface area contributed by atoms with Crippen LogP contribution in [0, 0.1) is 0 Å². The SMILES string of the molecule is CC(CC(F)(F)F)c1nc(C23CCC(c4nnc(-c5ccccc5C(F)(F)F)n4C)(CC2)CC3)no1. The first-order valence-corrected chi connectivity index (χ1v) is 11.8. The molecule has 0 N–H and O–H groups in total. The Labute approximate surface area is 203 Å². The highest BCUT2D eigenvalue weighted by molar-refractivity contribution is 5.61. The highest BCUT2D eigenvalue weighted by Gasteiger charge is 2.54. The fraction of sp³-hybridized carbons (Fsp3) is 0.583. The van der Waals surface area contributed by atoms with E-state index in [1.54, 1.807) is 17.7 Å². The van der Waals surface area contributed by atoms with Crippen LogP contribution in [0.25, 0.3) is 11.4 Å². The summed E-state index contributed by atoms with van der Waals surface area (Å²) < 4.78 is 85.9. The van der Waals surface area contributed by atoms with Gasteiger partial charge in [-0.3, -0.25) is 0 Å². The Morgan fingerprint density at radius 2 is 1.56 bits per heavy atom. The zero-order valence-electron chi connectivity index (χ0n) is 19.7. The second kappa shape index (κ2) is 8.31. The molecule has 0 aliphatic heterocycles. The van der Waals surface area contributed by atoms with Gasteiger partial charge in [0, 0.05) is 29.4 Å². The molecule has 2 heterocycles. The van der Waals surface area contributed by atoms with Gasteiger partial charge >= 0.3 is 12.4 Å². The van der Waals surface area contributed by atoms with Crippen LogP contribution in [0.5, 0.6) is 0 Å². The van der Waals surface area contributed by atoms with Gasteiger partial charge in [0.1, 0.15) is 5.82 Å². The number of benzene rings is 1. The van der Waals surface area contributed by atoms with Gasteiger partial charge in [-0.15, -0.1) is 10.2 Å². The van der Waals surface area contributed by atoms with E-state index in [2.05, 4.69) is 20.3 Å². The number of hydrogen-bond acceptors (Lipinski definition) is 5. The van der Waals surface area contributed by atoms with Crippen molar-refractivity contribution in [3.63, 3.8) is 0 Å². The number of hydrogen-bond donors (Lipinski definition) is 0. The van der Waals surface area contributed by atoms with E-state index < -0.39 is 30.3 Å². The quantitative estimate of drug-likeness (QED) is 0.365. The van der Waals surface area contributed by atoms with Crippen molar-refractivity contribution in [2.45, 2.75) is 81.0 Å². The summed E-state index contributed by atoms with van der Waals surface area (Å²) in [6.07, 6.45) is -5.74. The van der Waals surface area contributed by atoms with Gasteiger partial charge in [-0.1, -0.05) is 30.3 Å². The van der Waals surface area contributed by atoms with Gasteiger partial charge in [-0.2, -0.15) is 31.3 Å². The summed E-state index contributed by atoms with van der Waals surface area (Å²) in [5, 5.41) is 12.6. The summed E-state index contributed by atoms with van der Waals surface area (Å²) in [6, 6.07) is 5.32. The summed E-state index contributed by atoms with van der Waals surface area (Å²) in [5.74, 6) is 0.315. The molecule has 3 aliphatic carbocycles. The van der Waals surface area contributed by atoms with Gasteiger partial charge in [-0.25, -0.2) is 0 Å². The molecule has 0 saturated heterocycles. The summed E-state index contributed by atoms with van der Waals surface area (Å²) in [6.45, 7) is 1.41. The first kappa shape index (κ1) is 24.8. The molecule has 0 amide bonds. The molecule has 3 saturated carbocycles. The van der Waals surface area contributed by atoms with Crippen LogP contribution in [0.3, 0.4) is 0 Å². The molecule has 3 aliphatic rings. The van der Waals surface area contributed by atoms with E-state index in [1.807, 2.05) is 0 Å². The maximum Gasteiger partial charge on any atom is 0.417 e. The van der Waals surface area contributed by atoms with Crippen LogP contribution in [0.15, 0.2) is 28.8 Å². The number of halogens is 6.